The normalized spacial score (nSPS) is 12.0. The molecule has 0 radical (unpaired) electrons. The summed E-state index contributed by atoms with van der Waals surface area (Å²) in [6.07, 6.45) is 1.90. The number of sulfonamides is 1. The number of aryl methyl sites for hydroxylation is 1. The van der Waals surface area contributed by atoms with Gasteiger partial charge in [-0.15, -0.1) is 11.3 Å². The van der Waals surface area contributed by atoms with E-state index in [1.807, 2.05) is 47.8 Å². The summed E-state index contributed by atoms with van der Waals surface area (Å²) in [5, 5.41) is 1.89. The van der Waals surface area contributed by atoms with Crippen LogP contribution in [0.2, 0.25) is 0 Å². The monoisotopic (exact) mass is 279 g/mol. The first-order chi connectivity index (χ1) is 8.66. The molecule has 1 heterocycles. The molecule has 0 atom stereocenters. The third-order valence-corrected chi connectivity index (χ3v) is 4.33. The van der Waals surface area contributed by atoms with Gasteiger partial charge in [0.05, 0.1) is 12.0 Å². The van der Waals surface area contributed by atoms with Crippen molar-refractivity contribution in [3.63, 3.8) is 0 Å². The molecule has 1 aromatic carbocycles. The minimum atomic E-state index is -3.38. The van der Waals surface area contributed by atoms with Crippen LogP contribution < -0.4 is 0 Å². The Hall–Kier alpha value is -1.46. The minimum absolute atomic E-state index is 0.0406. The van der Waals surface area contributed by atoms with E-state index < -0.39 is 10.0 Å². The van der Waals surface area contributed by atoms with Crippen LogP contribution in [-0.4, -0.2) is 20.4 Å². The van der Waals surface area contributed by atoms with Crippen LogP contribution in [0.5, 0.6) is 0 Å². The van der Waals surface area contributed by atoms with Crippen molar-refractivity contribution in [2.75, 3.05) is 5.75 Å². The van der Waals surface area contributed by atoms with Gasteiger partial charge < -0.3 is 0 Å². The summed E-state index contributed by atoms with van der Waals surface area (Å²) in [6.45, 7) is 0. The zero-order valence-corrected chi connectivity index (χ0v) is 11.3. The van der Waals surface area contributed by atoms with Crippen LogP contribution in [0, 0.1) is 0 Å². The van der Waals surface area contributed by atoms with Crippen molar-refractivity contribution in [1.82, 2.24) is 0 Å². The Morgan fingerprint density at radius 3 is 2.56 bits per heavy atom. The lowest BCUT2D eigenvalue weighted by atomic mass is 10.2. The van der Waals surface area contributed by atoms with E-state index >= 15 is 0 Å². The third kappa shape index (κ3) is 4.09. The van der Waals surface area contributed by atoms with Gasteiger partial charge in [0.25, 0.3) is 10.0 Å². The summed E-state index contributed by atoms with van der Waals surface area (Å²) in [5.41, 5.74) is 1.01. The second-order valence-electron chi connectivity index (χ2n) is 3.77. The van der Waals surface area contributed by atoms with E-state index in [4.69, 9.17) is 0 Å². The number of benzene rings is 1. The van der Waals surface area contributed by atoms with Gasteiger partial charge in [-0.25, -0.2) is 8.42 Å². The molecule has 3 nitrogen and oxygen atoms in total. The predicted molar refractivity (Wildman–Crippen MR) is 75.8 cm³/mol. The molecule has 0 spiro atoms. The molecular formula is C13H13NO2S2. The maximum atomic E-state index is 11.7. The van der Waals surface area contributed by atoms with Gasteiger partial charge in [0.2, 0.25) is 0 Å². The number of rotatable bonds is 5. The Labute approximate surface area is 111 Å². The highest BCUT2D eigenvalue weighted by molar-refractivity contribution is 7.90. The van der Waals surface area contributed by atoms with Crippen LogP contribution in [0.3, 0.4) is 0 Å². The first-order valence-electron chi connectivity index (χ1n) is 5.51. The lowest BCUT2D eigenvalue weighted by molar-refractivity contribution is 0.597. The molecule has 0 saturated heterocycles. The van der Waals surface area contributed by atoms with E-state index in [2.05, 4.69) is 4.40 Å². The Kier molecular flexibility index (Phi) is 4.28. The van der Waals surface area contributed by atoms with E-state index in [-0.39, 0.29) is 5.75 Å². The topological polar surface area (TPSA) is 46.5 Å². The Morgan fingerprint density at radius 2 is 1.89 bits per heavy atom. The second kappa shape index (κ2) is 5.93. The molecule has 0 aliphatic rings. The third-order valence-electron chi connectivity index (χ3n) is 2.38. The molecule has 0 unspecified atom stereocenters. The average molecular weight is 279 g/mol. The van der Waals surface area contributed by atoms with Crippen LogP contribution >= 0.6 is 11.3 Å². The Balaban J connectivity index is 1.96. The van der Waals surface area contributed by atoms with Crippen LogP contribution in [0.15, 0.2) is 52.2 Å². The van der Waals surface area contributed by atoms with E-state index in [9.17, 15) is 8.42 Å². The van der Waals surface area contributed by atoms with E-state index in [0.29, 0.717) is 6.42 Å². The summed E-state index contributed by atoms with van der Waals surface area (Å²) in [7, 11) is -3.38. The molecule has 94 valence electrons. The second-order valence-corrected chi connectivity index (χ2v) is 6.53. The van der Waals surface area contributed by atoms with E-state index in [1.54, 1.807) is 0 Å². The van der Waals surface area contributed by atoms with Crippen molar-refractivity contribution >= 4 is 27.6 Å². The molecule has 0 amide bonds. The maximum Gasteiger partial charge on any atom is 0.253 e. The summed E-state index contributed by atoms with van der Waals surface area (Å²) >= 11 is 1.46. The molecule has 2 rings (SSSR count). The van der Waals surface area contributed by atoms with Gasteiger partial charge in [0.1, 0.15) is 0 Å². The molecule has 1 aromatic heterocycles. The molecule has 0 bridgehead atoms. The number of hydrogen-bond acceptors (Lipinski definition) is 3. The van der Waals surface area contributed by atoms with Crippen molar-refractivity contribution in [1.29, 1.82) is 0 Å². The van der Waals surface area contributed by atoms with Gasteiger partial charge >= 0.3 is 0 Å². The van der Waals surface area contributed by atoms with Crippen molar-refractivity contribution in [2.24, 2.45) is 4.40 Å². The van der Waals surface area contributed by atoms with E-state index in [0.717, 1.165) is 10.4 Å². The fourth-order valence-electron chi connectivity index (χ4n) is 1.44. The van der Waals surface area contributed by atoms with E-state index in [1.165, 1.54) is 17.6 Å². The number of hydrogen-bond donors (Lipinski definition) is 0. The fourth-order valence-corrected chi connectivity index (χ4v) is 2.97. The molecule has 0 aliphatic heterocycles. The zero-order chi connectivity index (χ0) is 12.8. The average Bonchev–Trinajstić information content (AvgIpc) is 2.89. The van der Waals surface area contributed by atoms with Gasteiger partial charge in [0, 0.05) is 4.88 Å². The van der Waals surface area contributed by atoms with Gasteiger partial charge in [-0.05, 0) is 23.4 Å². The van der Waals surface area contributed by atoms with Gasteiger partial charge in [0.15, 0.2) is 0 Å². The first-order valence-corrected chi connectivity index (χ1v) is 8.00. The largest absolute Gasteiger partial charge is 0.253 e. The summed E-state index contributed by atoms with van der Waals surface area (Å²) in [5.74, 6) is 0.0406. The Morgan fingerprint density at radius 1 is 1.11 bits per heavy atom. The summed E-state index contributed by atoms with van der Waals surface area (Å²) in [6, 6.07) is 13.2. The van der Waals surface area contributed by atoms with Gasteiger partial charge in [-0.3, -0.25) is 0 Å². The predicted octanol–water partition coefficient (Wildman–Crippen LogP) is 2.74. The number of nitrogens with zero attached hydrogens (tertiary/aromatic N) is 1. The lowest BCUT2D eigenvalue weighted by Gasteiger charge is -1.99. The zero-order valence-electron chi connectivity index (χ0n) is 9.69. The minimum Gasteiger partial charge on any atom is -0.205 e. The quantitative estimate of drug-likeness (QED) is 0.790. The van der Waals surface area contributed by atoms with Crippen molar-refractivity contribution in [2.45, 2.75) is 6.42 Å². The molecule has 0 saturated carbocycles. The molecule has 5 heteroatoms. The van der Waals surface area contributed by atoms with Crippen LogP contribution in [0.25, 0.3) is 0 Å². The lowest BCUT2D eigenvalue weighted by Crippen LogP contribution is -2.05. The molecular weight excluding hydrogens is 266 g/mol. The summed E-state index contributed by atoms with van der Waals surface area (Å²) < 4.78 is 27.1. The van der Waals surface area contributed by atoms with Crippen LogP contribution in [0.4, 0.5) is 0 Å². The first kappa shape index (κ1) is 13.0. The van der Waals surface area contributed by atoms with Crippen molar-refractivity contribution < 1.29 is 8.42 Å². The van der Waals surface area contributed by atoms with Crippen molar-refractivity contribution in [3.8, 4) is 0 Å². The smallest absolute Gasteiger partial charge is 0.205 e. The highest BCUT2D eigenvalue weighted by atomic mass is 32.2. The number of thiophene rings is 1. The summed E-state index contributed by atoms with van der Waals surface area (Å²) in [4.78, 5) is 0.846. The van der Waals surface area contributed by atoms with Gasteiger partial charge in [-0.2, -0.15) is 4.40 Å². The van der Waals surface area contributed by atoms with Gasteiger partial charge in [-0.1, -0.05) is 36.4 Å². The SMILES string of the molecule is O=S(=O)(CCc1ccccc1)/N=C/c1cccs1. The molecule has 0 fully saturated rings. The maximum absolute atomic E-state index is 11.7. The molecule has 0 N–H and O–H groups in total. The Bertz CT molecular complexity index is 602. The van der Waals surface area contributed by atoms with Crippen LogP contribution in [0.1, 0.15) is 10.4 Å². The fraction of sp³-hybridized carbons (Fsp3) is 0.154. The molecule has 0 aliphatic carbocycles. The molecule has 18 heavy (non-hydrogen) atoms. The highest BCUT2D eigenvalue weighted by Crippen LogP contribution is 2.07. The van der Waals surface area contributed by atoms with Crippen molar-refractivity contribution in [3.05, 3.63) is 58.3 Å². The standard InChI is InChI=1S/C13H13NO2S2/c15-18(16,14-11-13-7-4-9-17-13)10-8-12-5-2-1-3-6-12/h1-7,9,11H,8,10H2/b14-11+. The molecule has 2 aromatic rings. The van der Waals surface area contributed by atoms with Crippen LogP contribution in [-0.2, 0) is 16.4 Å². The highest BCUT2D eigenvalue weighted by Gasteiger charge is 2.07.